The van der Waals surface area contributed by atoms with E-state index in [4.69, 9.17) is 10.7 Å². The van der Waals surface area contributed by atoms with Crippen LogP contribution in [0.15, 0.2) is 84.9 Å². The van der Waals surface area contributed by atoms with Crippen molar-refractivity contribution in [3.8, 4) is 28.1 Å². The van der Waals surface area contributed by atoms with Gasteiger partial charge in [-0.1, -0.05) is 54.6 Å². The summed E-state index contributed by atoms with van der Waals surface area (Å²) in [4.78, 5) is 47.5. The summed E-state index contributed by atoms with van der Waals surface area (Å²) in [6.45, 7) is 4.31. The number of hydrogen-bond acceptors (Lipinski definition) is 7. The van der Waals surface area contributed by atoms with Gasteiger partial charge in [-0.2, -0.15) is 0 Å². The summed E-state index contributed by atoms with van der Waals surface area (Å²) in [5, 5.41) is 13.6. The number of phenols is 1. The molecule has 0 aliphatic carbocycles. The number of pyridine rings is 2. The van der Waals surface area contributed by atoms with Gasteiger partial charge in [-0.25, -0.2) is 9.97 Å². The molecule has 0 spiro atoms. The molecule has 45 heavy (non-hydrogen) atoms. The van der Waals surface area contributed by atoms with E-state index in [-0.39, 0.29) is 29.0 Å². The van der Waals surface area contributed by atoms with E-state index >= 15 is 0 Å². The van der Waals surface area contributed by atoms with Crippen LogP contribution in [-0.4, -0.2) is 57.2 Å². The van der Waals surface area contributed by atoms with Crippen molar-refractivity contribution in [1.29, 1.82) is 0 Å². The van der Waals surface area contributed by atoms with Crippen LogP contribution in [0.1, 0.15) is 55.3 Å². The number of aromatic nitrogens is 2. The number of hydrogen-bond donors (Lipinski definition) is 3. The van der Waals surface area contributed by atoms with E-state index in [9.17, 15) is 19.5 Å². The molecule has 6 rings (SSSR count). The van der Waals surface area contributed by atoms with E-state index in [1.54, 1.807) is 6.07 Å². The van der Waals surface area contributed by atoms with Gasteiger partial charge in [0.05, 0.1) is 16.8 Å². The monoisotopic (exact) mass is 599 g/mol. The lowest BCUT2D eigenvalue weighted by atomic mass is 9.96. The number of carbonyl (C=O) groups is 3. The number of phenolic OH excluding ortho intramolecular Hbond substituents is 1. The van der Waals surface area contributed by atoms with Gasteiger partial charge in [0, 0.05) is 53.4 Å². The molecule has 0 atom stereocenters. The molecule has 2 aromatic heterocycles. The molecule has 0 radical (unpaired) electrons. The number of aromatic hydroxyl groups is 1. The fourth-order valence-corrected chi connectivity index (χ4v) is 5.83. The van der Waals surface area contributed by atoms with E-state index in [0.717, 1.165) is 60.2 Å². The molecule has 9 nitrogen and oxygen atoms in total. The number of carbonyl (C=O) groups excluding carboxylic acids is 3. The number of likely N-dealkylation sites (tertiary alicyclic amines) is 1. The first-order valence-electron chi connectivity index (χ1n) is 14.9. The van der Waals surface area contributed by atoms with Crippen molar-refractivity contribution in [2.24, 2.45) is 5.73 Å². The Hall–Kier alpha value is -5.41. The predicted octanol–water partition coefficient (Wildman–Crippen LogP) is 5.28. The minimum atomic E-state index is -0.586. The molecule has 226 valence electrons. The second-order valence-corrected chi connectivity index (χ2v) is 11.4. The minimum absolute atomic E-state index is 0.0360. The van der Waals surface area contributed by atoms with Gasteiger partial charge in [0.25, 0.3) is 11.8 Å². The van der Waals surface area contributed by atoms with Crippen molar-refractivity contribution in [3.63, 3.8) is 0 Å². The van der Waals surface area contributed by atoms with Crippen LogP contribution < -0.4 is 11.1 Å². The molecular formula is C36H33N5O4. The fraction of sp³-hybridized carbons (Fsp3) is 0.194. The maximum Gasteiger partial charge on any atom is 0.267 e. The molecule has 1 aliphatic heterocycles. The SMILES string of the molecule is Cc1nc(C(N)=O)cc2nc(-c3ccc(CN4CCC(NC(=O)c5ccc(O)c(C=O)c5)CC4)cc3)c(-c3ccccc3)cc12. The van der Waals surface area contributed by atoms with Crippen molar-refractivity contribution < 1.29 is 19.5 Å². The number of amides is 2. The molecule has 5 aromatic rings. The van der Waals surface area contributed by atoms with Crippen LogP contribution in [0, 0.1) is 6.92 Å². The molecule has 0 bridgehead atoms. The molecule has 2 amide bonds. The molecule has 3 heterocycles. The Morgan fingerprint density at radius 2 is 1.69 bits per heavy atom. The van der Waals surface area contributed by atoms with Crippen LogP contribution in [-0.2, 0) is 6.54 Å². The van der Waals surface area contributed by atoms with Crippen molar-refractivity contribution in [2.45, 2.75) is 32.4 Å². The van der Waals surface area contributed by atoms with Crippen LogP contribution in [0.2, 0.25) is 0 Å². The molecule has 4 N–H and O–H groups in total. The number of aryl methyl sites for hydroxylation is 1. The minimum Gasteiger partial charge on any atom is -0.507 e. The highest BCUT2D eigenvalue weighted by molar-refractivity contribution is 5.98. The van der Waals surface area contributed by atoms with Gasteiger partial charge in [-0.3, -0.25) is 19.3 Å². The second kappa shape index (κ2) is 12.7. The van der Waals surface area contributed by atoms with Gasteiger partial charge in [0.15, 0.2) is 6.29 Å². The van der Waals surface area contributed by atoms with Crippen molar-refractivity contribution in [2.75, 3.05) is 13.1 Å². The number of rotatable bonds is 8. The number of nitrogens with one attached hydrogen (secondary N) is 1. The Morgan fingerprint density at radius 1 is 0.956 bits per heavy atom. The quantitative estimate of drug-likeness (QED) is 0.206. The molecule has 1 fully saturated rings. The lowest BCUT2D eigenvalue weighted by Gasteiger charge is -2.32. The topological polar surface area (TPSA) is 139 Å². The molecule has 3 aromatic carbocycles. The first-order valence-corrected chi connectivity index (χ1v) is 14.9. The van der Waals surface area contributed by atoms with E-state index in [0.29, 0.717) is 23.1 Å². The van der Waals surface area contributed by atoms with E-state index < -0.39 is 5.91 Å². The van der Waals surface area contributed by atoms with Gasteiger partial charge in [-0.15, -0.1) is 0 Å². The highest BCUT2D eigenvalue weighted by Crippen LogP contribution is 2.34. The third-order valence-electron chi connectivity index (χ3n) is 8.31. The molecule has 0 saturated carbocycles. The Kier molecular flexibility index (Phi) is 8.35. The molecule has 0 unspecified atom stereocenters. The highest BCUT2D eigenvalue weighted by atomic mass is 16.3. The zero-order valence-electron chi connectivity index (χ0n) is 24.9. The zero-order valence-corrected chi connectivity index (χ0v) is 24.9. The summed E-state index contributed by atoms with van der Waals surface area (Å²) in [5.74, 6) is -0.974. The Morgan fingerprint density at radius 3 is 2.38 bits per heavy atom. The number of aldehydes is 1. The number of primary amides is 1. The van der Waals surface area contributed by atoms with Gasteiger partial charge in [0.2, 0.25) is 0 Å². The van der Waals surface area contributed by atoms with E-state index in [2.05, 4.69) is 57.7 Å². The Balaban J connectivity index is 1.16. The van der Waals surface area contributed by atoms with E-state index in [1.807, 2.05) is 25.1 Å². The summed E-state index contributed by atoms with van der Waals surface area (Å²) in [7, 11) is 0. The normalized spacial score (nSPS) is 13.9. The third-order valence-corrected chi connectivity index (χ3v) is 8.31. The number of nitrogens with zero attached hydrogens (tertiary/aromatic N) is 3. The van der Waals surface area contributed by atoms with Gasteiger partial charge >= 0.3 is 0 Å². The summed E-state index contributed by atoms with van der Waals surface area (Å²) in [5.41, 5.74) is 12.5. The summed E-state index contributed by atoms with van der Waals surface area (Å²) in [6.07, 6.45) is 2.16. The predicted molar refractivity (Wildman–Crippen MR) is 173 cm³/mol. The standard InChI is InChI=1S/C36H33N5O4/c1-22-29-18-30(24-5-3-2-4-6-24)34(40-31(29)19-32(38-22)35(37)44)25-9-7-23(8-10-25)20-41-15-13-28(14-16-41)39-36(45)26-11-12-33(43)27(17-26)21-42/h2-12,17-19,21,28,43H,13-16,20H2,1H3,(H2,37,44)(H,39,45). The second-order valence-electron chi connectivity index (χ2n) is 11.4. The van der Waals surface area contributed by atoms with Crippen LogP contribution in [0.3, 0.4) is 0 Å². The number of benzene rings is 3. The lowest BCUT2D eigenvalue weighted by Crippen LogP contribution is -2.44. The maximum absolute atomic E-state index is 12.7. The van der Waals surface area contributed by atoms with Gasteiger partial charge < -0.3 is 16.2 Å². The smallest absolute Gasteiger partial charge is 0.267 e. The van der Waals surface area contributed by atoms with Gasteiger partial charge in [0.1, 0.15) is 11.4 Å². The third kappa shape index (κ3) is 6.44. The summed E-state index contributed by atoms with van der Waals surface area (Å²) >= 11 is 0. The highest BCUT2D eigenvalue weighted by Gasteiger charge is 2.22. The molecule has 1 saturated heterocycles. The van der Waals surface area contributed by atoms with Crippen molar-refractivity contribution in [3.05, 3.63) is 113 Å². The number of piperidine rings is 1. The van der Waals surface area contributed by atoms with Crippen molar-refractivity contribution >= 4 is 29.0 Å². The largest absolute Gasteiger partial charge is 0.507 e. The fourth-order valence-electron chi connectivity index (χ4n) is 5.83. The molecule has 9 heteroatoms. The van der Waals surface area contributed by atoms with Gasteiger partial charge in [-0.05, 0) is 61.2 Å². The number of fused-ring (bicyclic) bond motifs is 1. The number of nitrogens with two attached hydrogens (primary N) is 1. The molecular weight excluding hydrogens is 566 g/mol. The first kappa shape index (κ1) is 29.7. The summed E-state index contributed by atoms with van der Waals surface area (Å²) < 4.78 is 0. The zero-order chi connectivity index (χ0) is 31.5. The van der Waals surface area contributed by atoms with Crippen LogP contribution >= 0.6 is 0 Å². The Labute approximate surface area is 260 Å². The molecule has 1 aliphatic rings. The van der Waals surface area contributed by atoms with Crippen LogP contribution in [0.4, 0.5) is 0 Å². The average molecular weight is 600 g/mol. The van der Waals surface area contributed by atoms with E-state index in [1.165, 1.54) is 23.8 Å². The first-order chi connectivity index (χ1) is 21.8. The van der Waals surface area contributed by atoms with Crippen molar-refractivity contribution in [1.82, 2.24) is 20.2 Å². The summed E-state index contributed by atoms with van der Waals surface area (Å²) in [6, 6.07) is 26.5. The average Bonchev–Trinajstić information content (AvgIpc) is 3.06. The Bertz CT molecular complexity index is 1900. The van der Waals surface area contributed by atoms with Crippen LogP contribution in [0.25, 0.3) is 33.3 Å². The maximum atomic E-state index is 12.7. The van der Waals surface area contributed by atoms with Crippen LogP contribution in [0.5, 0.6) is 5.75 Å². The lowest BCUT2D eigenvalue weighted by molar-refractivity contribution is 0.0908.